The molecule has 0 atom stereocenters. The van der Waals surface area contributed by atoms with E-state index >= 15 is 0 Å². The van der Waals surface area contributed by atoms with E-state index in [0.29, 0.717) is 17.1 Å². The van der Waals surface area contributed by atoms with Gasteiger partial charge in [-0.2, -0.15) is 0 Å². The number of carboxylic acids is 1. The third kappa shape index (κ3) is 4.13. The molecule has 1 aromatic carbocycles. The quantitative estimate of drug-likeness (QED) is 0.799. The number of rotatable bonds is 6. The molecule has 0 aliphatic rings. The van der Waals surface area contributed by atoms with Crippen molar-refractivity contribution in [3.8, 4) is 0 Å². The molecule has 5 nitrogen and oxygen atoms in total. The Morgan fingerprint density at radius 2 is 2.14 bits per heavy atom. The van der Waals surface area contributed by atoms with Gasteiger partial charge < -0.3 is 10.4 Å². The summed E-state index contributed by atoms with van der Waals surface area (Å²) in [5, 5.41) is 12.6. The van der Waals surface area contributed by atoms with Gasteiger partial charge in [0, 0.05) is 16.1 Å². The number of aliphatic carboxylic acids is 1. The second kappa shape index (κ2) is 6.49. The van der Waals surface area contributed by atoms with Crippen LogP contribution in [-0.2, 0) is 11.2 Å². The maximum absolute atomic E-state index is 11.4. The molecule has 2 rings (SSSR count). The lowest BCUT2D eigenvalue weighted by Crippen LogP contribution is -1.96. The van der Waals surface area contributed by atoms with Crippen LogP contribution >= 0.6 is 11.3 Å². The normalized spacial score (nSPS) is 10.4. The van der Waals surface area contributed by atoms with Crippen LogP contribution in [0.25, 0.3) is 0 Å². The number of nitrogens with one attached hydrogen (secondary N) is 1. The zero-order valence-corrected chi connectivity index (χ0v) is 12.7. The van der Waals surface area contributed by atoms with Crippen LogP contribution in [0, 0.1) is 6.92 Å². The summed E-state index contributed by atoms with van der Waals surface area (Å²) < 4.78 is 0. The Labute approximate surface area is 126 Å². The van der Waals surface area contributed by atoms with Crippen molar-refractivity contribution < 1.29 is 14.7 Å². The average molecular weight is 304 g/mol. The van der Waals surface area contributed by atoms with Gasteiger partial charge in [0.1, 0.15) is 0 Å². The minimum Gasteiger partial charge on any atom is -0.481 e. The number of carbonyl (C=O) groups is 2. The lowest BCUT2D eigenvalue weighted by Gasteiger charge is -2.03. The van der Waals surface area contributed by atoms with E-state index in [4.69, 9.17) is 5.11 Å². The Kier molecular flexibility index (Phi) is 4.70. The van der Waals surface area contributed by atoms with E-state index in [1.165, 1.54) is 18.3 Å². The molecule has 0 aliphatic heterocycles. The molecule has 0 amide bonds. The Morgan fingerprint density at radius 1 is 1.38 bits per heavy atom. The first-order valence-corrected chi connectivity index (χ1v) is 7.33. The zero-order chi connectivity index (χ0) is 15.4. The van der Waals surface area contributed by atoms with Crippen LogP contribution in [0.4, 0.5) is 10.8 Å². The van der Waals surface area contributed by atoms with Crippen molar-refractivity contribution in [1.29, 1.82) is 0 Å². The first-order chi connectivity index (χ1) is 9.95. The Balaban J connectivity index is 2.13. The van der Waals surface area contributed by atoms with Crippen molar-refractivity contribution in [2.24, 2.45) is 0 Å². The van der Waals surface area contributed by atoms with Gasteiger partial charge in [-0.3, -0.25) is 9.59 Å². The third-order valence-electron chi connectivity index (χ3n) is 2.98. The number of Topliss-reactive ketones (excluding diaryl/α,β-unsaturated/α-hetero) is 1. The first-order valence-electron chi connectivity index (χ1n) is 6.52. The maximum atomic E-state index is 11.4. The molecule has 0 spiro atoms. The number of carboxylic acid groups (broad SMARTS) is 1. The number of hydrogen-bond acceptors (Lipinski definition) is 5. The largest absolute Gasteiger partial charge is 0.481 e. The fourth-order valence-corrected chi connectivity index (χ4v) is 2.86. The van der Waals surface area contributed by atoms with Gasteiger partial charge in [0.2, 0.25) is 0 Å². The minimum atomic E-state index is -0.813. The summed E-state index contributed by atoms with van der Waals surface area (Å²) in [7, 11) is 0. The minimum absolute atomic E-state index is 0.0103. The highest BCUT2D eigenvalue weighted by Crippen LogP contribution is 2.27. The topological polar surface area (TPSA) is 79.3 Å². The fourth-order valence-electron chi connectivity index (χ4n) is 1.87. The lowest BCUT2D eigenvalue weighted by atomic mass is 10.1. The SMILES string of the molecule is CC(=O)c1cccc(Nc2nc(C)c(CCC(=O)O)s2)c1. The zero-order valence-electron chi connectivity index (χ0n) is 11.8. The van der Waals surface area contributed by atoms with Crippen LogP contribution in [0.5, 0.6) is 0 Å². The molecule has 0 bridgehead atoms. The molecule has 110 valence electrons. The van der Waals surface area contributed by atoms with E-state index in [0.717, 1.165) is 16.3 Å². The van der Waals surface area contributed by atoms with Gasteiger partial charge in [0.15, 0.2) is 10.9 Å². The molecule has 2 N–H and O–H groups in total. The number of benzene rings is 1. The highest BCUT2D eigenvalue weighted by molar-refractivity contribution is 7.15. The number of nitrogens with zero attached hydrogens (tertiary/aromatic N) is 1. The van der Waals surface area contributed by atoms with Gasteiger partial charge in [-0.25, -0.2) is 4.98 Å². The molecule has 0 fully saturated rings. The average Bonchev–Trinajstić information content (AvgIpc) is 2.76. The van der Waals surface area contributed by atoms with E-state index in [2.05, 4.69) is 10.3 Å². The van der Waals surface area contributed by atoms with Crippen molar-refractivity contribution >= 4 is 33.9 Å². The highest BCUT2D eigenvalue weighted by Gasteiger charge is 2.10. The van der Waals surface area contributed by atoms with Crippen LogP contribution in [0.15, 0.2) is 24.3 Å². The number of aromatic nitrogens is 1. The summed E-state index contributed by atoms with van der Waals surface area (Å²) in [6, 6.07) is 7.21. The molecule has 0 saturated heterocycles. The Bertz CT molecular complexity index is 679. The first kappa shape index (κ1) is 15.2. The van der Waals surface area contributed by atoms with Crippen LogP contribution in [0.3, 0.4) is 0 Å². The fraction of sp³-hybridized carbons (Fsp3) is 0.267. The van der Waals surface area contributed by atoms with Crippen LogP contribution in [-0.4, -0.2) is 21.8 Å². The molecule has 1 heterocycles. The lowest BCUT2D eigenvalue weighted by molar-refractivity contribution is -0.136. The van der Waals surface area contributed by atoms with Crippen LogP contribution in [0.2, 0.25) is 0 Å². The second-order valence-corrected chi connectivity index (χ2v) is 5.77. The summed E-state index contributed by atoms with van der Waals surface area (Å²) in [5.74, 6) is -0.803. The standard InChI is InChI=1S/C15H16N2O3S/c1-9-13(6-7-14(19)20)21-15(16-9)17-12-5-3-4-11(8-12)10(2)18/h3-5,8H,6-7H2,1-2H3,(H,16,17)(H,19,20). The molecule has 21 heavy (non-hydrogen) atoms. The second-order valence-electron chi connectivity index (χ2n) is 4.68. The summed E-state index contributed by atoms with van der Waals surface area (Å²) in [6.07, 6.45) is 0.580. The van der Waals surface area contributed by atoms with E-state index in [1.807, 2.05) is 19.1 Å². The smallest absolute Gasteiger partial charge is 0.303 e. The predicted octanol–water partition coefficient (Wildman–Crippen LogP) is 3.41. The van der Waals surface area contributed by atoms with Gasteiger partial charge in [-0.15, -0.1) is 11.3 Å². The molecule has 6 heteroatoms. The number of carbonyl (C=O) groups excluding carboxylic acids is 1. The van der Waals surface area contributed by atoms with Crippen LogP contribution < -0.4 is 5.32 Å². The van der Waals surface area contributed by atoms with E-state index in [9.17, 15) is 9.59 Å². The maximum Gasteiger partial charge on any atom is 0.303 e. The molecular weight excluding hydrogens is 288 g/mol. The monoisotopic (exact) mass is 304 g/mol. The predicted molar refractivity (Wildman–Crippen MR) is 82.5 cm³/mol. The van der Waals surface area contributed by atoms with Crippen molar-refractivity contribution in [3.05, 3.63) is 40.4 Å². The van der Waals surface area contributed by atoms with Gasteiger partial charge >= 0.3 is 5.97 Å². The molecule has 1 aromatic heterocycles. The Hall–Kier alpha value is -2.21. The molecule has 2 aromatic rings. The van der Waals surface area contributed by atoms with Gasteiger partial charge in [0.25, 0.3) is 0 Å². The number of thiazole rings is 1. The van der Waals surface area contributed by atoms with Gasteiger partial charge in [-0.1, -0.05) is 12.1 Å². The van der Waals surface area contributed by atoms with Crippen molar-refractivity contribution in [3.63, 3.8) is 0 Å². The van der Waals surface area contributed by atoms with Gasteiger partial charge in [-0.05, 0) is 32.4 Å². The number of aryl methyl sites for hydroxylation is 2. The van der Waals surface area contributed by atoms with Crippen molar-refractivity contribution in [2.75, 3.05) is 5.32 Å². The molecule has 0 radical (unpaired) electrons. The summed E-state index contributed by atoms with van der Waals surface area (Å²) >= 11 is 1.44. The molecule has 0 aliphatic carbocycles. The summed E-state index contributed by atoms with van der Waals surface area (Å²) in [5.41, 5.74) is 2.27. The van der Waals surface area contributed by atoms with E-state index in [-0.39, 0.29) is 12.2 Å². The van der Waals surface area contributed by atoms with E-state index < -0.39 is 5.97 Å². The third-order valence-corrected chi connectivity index (χ3v) is 4.11. The summed E-state index contributed by atoms with van der Waals surface area (Å²) in [4.78, 5) is 27.3. The molecule has 0 saturated carbocycles. The van der Waals surface area contributed by atoms with Crippen molar-refractivity contribution in [1.82, 2.24) is 4.98 Å². The summed E-state index contributed by atoms with van der Waals surface area (Å²) in [6.45, 7) is 3.39. The number of ketones is 1. The van der Waals surface area contributed by atoms with Gasteiger partial charge in [0.05, 0.1) is 12.1 Å². The number of anilines is 2. The van der Waals surface area contributed by atoms with Crippen molar-refractivity contribution in [2.45, 2.75) is 26.7 Å². The molecule has 0 unspecified atom stereocenters. The molecular formula is C15H16N2O3S. The highest BCUT2D eigenvalue weighted by atomic mass is 32.1. The number of hydrogen-bond donors (Lipinski definition) is 2. The Morgan fingerprint density at radius 3 is 2.81 bits per heavy atom. The van der Waals surface area contributed by atoms with E-state index in [1.54, 1.807) is 12.1 Å². The van der Waals surface area contributed by atoms with Crippen LogP contribution in [0.1, 0.15) is 34.3 Å².